The van der Waals surface area contributed by atoms with Gasteiger partial charge >= 0.3 is 18.3 Å². The molecule has 2 atom stereocenters. The highest BCUT2D eigenvalue weighted by Gasteiger charge is 2.71. The summed E-state index contributed by atoms with van der Waals surface area (Å²) in [6.07, 6.45) is -12.5. The van der Waals surface area contributed by atoms with E-state index < -0.39 is 47.4 Å². The Morgan fingerprint density at radius 2 is 1.58 bits per heavy atom. The van der Waals surface area contributed by atoms with Gasteiger partial charge in [-0.05, 0) is 61.1 Å². The maximum atomic E-state index is 13.8. The number of ether oxygens (including phenoxy) is 1. The number of halogens is 6. The Hall–Kier alpha value is -4.06. The summed E-state index contributed by atoms with van der Waals surface area (Å²) in [7, 11) is 0. The Morgan fingerprint density at radius 3 is 2.16 bits per heavy atom. The van der Waals surface area contributed by atoms with E-state index >= 15 is 0 Å². The number of carboxylic acid groups (broad SMARTS) is 1. The number of carbonyl (C=O) groups is 2. The number of anilines is 1. The van der Waals surface area contributed by atoms with Crippen molar-refractivity contribution in [1.82, 2.24) is 0 Å². The summed E-state index contributed by atoms with van der Waals surface area (Å²) in [6.45, 7) is 1.60. The molecule has 0 aliphatic carbocycles. The third-order valence-corrected chi connectivity index (χ3v) is 7.52. The van der Waals surface area contributed by atoms with Gasteiger partial charge in [-0.2, -0.15) is 26.3 Å². The van der Waals surface area contributed by atoms with Crippen LogP contribution in [0.1, 0.15) is 47.9 Å². The van der Waals surface area contributed by atoms with Crippen molar-refractivity contribution in [2.24, 2.45) is 0 Å². The van der Waals surface area contributed by atoms with Crippen LogP contribution in [0.4, 0.5) is 32.0 Å². The fraction of sp³-hybridized carbons (Fsp3) is 0.355. The van der Waals surface area contributed by atoms with Gasteiger partial charge in [0.25, 0.3) is 5.60 Å². The minimum atomic E-state index is -6.05. The number of benzene rings is 3. The normalized spacial score (nSPS) is 16.7. The second-order valence-electron chi connectivity index (χ2n) is 10.4. The maximum Gasteiger partial charge on any atom is 0.430 e. The Bertz CT molecular complexity index is 1430. The molecule has 3 aromatic carbocycles. The predicted molar refractivity (Wildman–Crippen MR) is 145 cm³/mol. The number of aliphatic hydroxyl groups is 1. The first-order chi connectivity index (χ1) is 20.1. The van der Waals surface area contributed by atoms with Crippen molar-refractivity contribution < 1.29 is 50.9 Å². The number of hydrogen-bond acceptors (Lipinski definition) is 4. The Kier molecular flexibility index (Phi) is 9.10. The van der Waals surface area contributed by atoms with E-state index in [0.717, 1.165) is 11.6 Å². The third kappa shape index (κ3) is 6.79. The highest BCUT2D eigenvalue weighted by molar-refractivity contribution is 5.98. The Morgan fingerprint density at radius 1 is 0.953 bits per heavy atom. The fourth-order valence-corrected chi connectivity index (χ4v) is 5.07. The van der Waals surface area contributed by atoms with Crippen LogP contribution in [0, 0.1) is 0 Å². The van der Waals surface area contributed by atoms with E-state index in [0.29, 0.717) is 29.9 Å². The zero-order chi connectivity index (χ0) is 31.6. The lowest BCUT2D eigenvalue weighted by atomic mass is 9.89. The second kappa shape index (κ2) is 12.3. The molecular weight excluding hydrogens is 580 g/mol. The molecule has 2 N–H and O–H groups in total. The summed E-state index contributed by atoms with van der Waals surface area (Å²) in [5.41, 5.74) is -4.94. The van der Waals surface area contributed by atoms with Crippen LogP contribution in [0.3, 0.4) is 0 Å². The van der Waals surface area contributed by atoms with E-state index in [-0.39, 0.29) is 37.1 Å². The van der Waals surface area contributed by atoms with Crippen molar-refractivity contribution in [3.8, 4) is 5.75 Å². The van der Waals surface area contributed by atoms with Crippen molar-refractivity contribution in [3.05, 3.63) is 95.1 Å². The molecule has 12 heteroatoms. The number of aliphatic carboxylic acids is 1. The number of amides is 1. The fourth-order valence-electron chi connectivity index (χ4n) is 5.07. The van der Waals surface area contributed by atoms with Gasteiger partial charge in [0.15, 0.2) is 0 Å². The number of rotatable bonds is 8. The molecule has 1 amide bonds. The highest BCUT2D eigenvalue weighted by Crippen LogP contribution is 2.51. The molecule has 43 heavy (non-hydrogen) atoms. The average molecular weight is 610 g/mol. The lowest BCUT2D eigenvalue weighted by molar-refractivity contribution is -0.376. The number of hydrogen-bond donors (Lipinski definition) is 2. The van der Waals surface area contributed by atoms with Crippen LogP contribution in [-0.2, 0) is 28.0 Å². The summed E-state index contributed by atoms with van der Waals surface area (Å²) in [4.78, 5) is 25.9. The van der Waals surface area contributed by atoms with Gasteiger partial charge in [-0.15, -0.1) is 0 Å². The van der Waals surface area contributed by atoms with Crippen LogP contribution >= 0.6 is 0 Å². The van der Waals surface area contributed by atoms with E-state index in [2.05, 4.69) is 0 Å². The molecule has 0 saturated carbocycles. The Balaban J connectivity index is 1.70. The first kappa shape index (κ1) is 31.9. The molecule has 0 aromatic heterocycles. The number of nitrogens with zero attached hydrogens (tertiary/aromatic N) is 1. The molecule has 0 fully saturated rings. The number of carbonyl (C=O) groups excluding carboxylic acids is 1. The molecule has 4 rings (SSSR count). The molecule has 0 bridgehead atoms. The van der Waals surface area contributed by atoms with Crippen LogP contribution < -0.4 is 9.64 Å². The van der Waals surface area contributed by atoms with Crippen LogP contribution in [0.15, 0.2) is 72.8 Å². The zero-order valence-electron chi connectivity index (χ0n) is 23.0. The minimum absolute atomic E-state index is 0.0214. The molecule has 2 unspecified atom stereocenters. The number of aryl methyl sites for hydroxylation is 2. The first-order valence-electron chi connectivity index (χ1n) is 13.4. The van der Waals surface area contributed by atoms with Crippen LogP contribution in [0.2, 0.25) is 0 Å². The molecule has 0 saturated heterocycles. The molecule has 1 aliphatic heterocycles. The first-order valence-corrected chi connectivity index (χ1v) is 13.4. The van der Waals surface area contributed by atoms with Crippen molar-refractivity contribution in [1.29, 1.82) is 0 Å². The predicted octanol–water partition coefficient (Wildman–Crippen LogP) is 6.55. The van der Waals surface area contributed by atoms with Crippen molar-refractivity contribution >= 4 is 17.6 Å². The zero-order valence-corrected chi connectivity index (χ0v) is 23.0. The summed E-state index contributed by atoms with van der Waals surface area (Å²) >= 11 is 0. The van der Waals surface area contributed by atoms with Crippen molar-refractivity contribution in [2.75, 3.05) is 11.4 Å². The van der Waals surface area contributed by atoms with Crippen LogP contribution in [-0.4, -0.2) is 47.1 Å². The van der Waals surface area contributed by atoms with E-state index in [1.54, 1.807) is 61.5 Å². The summed E-state index contributed by atoms with van der Waals surface area (Å²) in [5, 5.41) is 18.9. The van der Waals surface area contributed by atoms with Crippen molar-refractivity contribution in [3.63, 3.8) is 0 Å². The average Bonchev–Trinajstić information content (AvgIpc) is 3.14. The molecule has 0 radical (unpaired) electrons. The van der Waals surface area contributed by atoms with Crippen LogP contribution in [0.25, 0.3) is 0 Å². The lowest BCUT2D eigenvalue weighted by Gasteiger charge is -2.34. The summed E-state index contributed by atoms with van der Waals surface area (Å²) in [5.74, 6) is -1.70. The summed E-state index contributed by atoms with van der Waals surface area (Å²) < 4.78 is 87.9. The highest BCUT2D eigenvalue weighted by atomic mass is 19.4. The van der Waals surface area contributed by atoms with Gasteiger partial charge in [-0.3, -0.25) is 9.59 Å². The smallest absolute Gasteiger partial charge is 0.430 e. The van der Waals surface area contributed by atoms with E-state index in [9.17, 15) is 41.0 Å². The Labute approximate surface area is 243 Å². The van der Waals surface area contributed by atoms with Crippen molar-refractivity contribution in [2.45, 2.75) is 62.6 Å². The molecule has 1 heterocycles. The molecule has 3 aromatic rings. The quantitative estimate of drug-likeness (QED) is 0.283. The van der Waals surface area contributed by atoms with Gasteiger partial charge < -0.3 is 19.8 Å². The topological polar surface area (TPSA) is 87.1 Å². The molecule has 6 nitrogen and oxygen atoms in total. The van der Waals surface area contributed by atoms with E-state index in [4.69, 9.17) is 9.84 Å². The monoisotopic (exact) mass is 609 g/mol. The lowest BCUT2D eigenvalue weighted by Crippen LogP contribution is -2.54. The molecule has 230 valence electrons. The SMILES string of the molecule is CC(C(=O)N1CC(Oc2ccc(CCC(=O)O)cc2)CCc2cc(C(O)(C(F)(F)F)C(F)(F)F)ccc21)c1ccccc1. The third-order valence-electron chi connectivity index (χ3n) is 7.52. The van der Waals surface area contributed by atoms with Gasteiger partial charge in [0.05, 0.1) is 12.5 Å². The minimum Gasteiger partial charge on any atom is -0.489 e. The standard InChI is InChI=1S/C31H29F6NO5/c1-19(21-5-3-2-4-6-21)28(41)38-18-25(43-24-12-7-20(8-13-24)9-16-27(39)40)14-10-22-17-23(11-15-26(22)38)29(42,30(32,33)34)31(35,36)37/h2-8,11-13,15,17,19,25,42H,9-10,14,16,18H2,1H3,(H,39,40). The molecule has 0 spiro atoms. The van der Waals surface area contributed by atoms with E-state index in [1.165, 1.54) is 4.90 Å². The molecular formula is C31H29F6NO5. The maximum absolute atomic E-state index is 13.8. The van der Waals surface area contributed by atoms with E-state index in [1.807, 2.05) is 0 Å². The van der Waals surface area contributed by atoms with Gasteiger partial charge in [0.2, 0.25) is 5.91 Å². The number of alkyl halides is 6. The summed E-state index contributed by atoms with van der Waals surface area (Å²) in [6, 6.07) is 17.5. The van der Waals surface area contributed by atoms with Gasteiger partial charge in [0, 0.05) is 17.7 Å². The van der Waals surface area contributed by atoms with Gasteiger partial charge in [-0.25, -0.2) is 0 Å². The molecule has 1 aliphatic rings. The number of fused-ring (bicyclic) bond motifs is 1. The van der Waals surface area contributed by atoms with Crippen LogP contribution in [0.5, 0.6) is 5.75 Å². The largest absolute Gasteiger partial charge is 0.489 e. The van der Waals surface area contributed by atoms with Gasteiger partial charge in [0.1, 0.15) is 11.9 Å². The van der Waals surface area contributed by atoms with Gasteiger partial charge in [-0.1, -0.05) is 54.6 Å². The number of carboxylic acids is 1. The second-order valence-corrected chi connectivity index (χ2v) is 10.4.